The zero-order valence-electron chi connectivity index (χ0n) is 28.6. The molecule has 0 N–H and O–H groups in total. The zero-order chi connectivity index (χ0) is 35.5. The van der Waals surface area contributed by atoms with E-state index in [0.29, 0.717) is 18.8 Å². The first-order chi connectivity index (χ1) is 21.6. The molecule has 0 atom stereocenters. The van der Waals surface area contributed by atoms with E-state index < -0.39 is 17.5 Å². The number of rotatable bonds is 12. The number of esters is 4. The van der Waals surface area contributed by atoms with E-state index in [1.807, 2.05) is 36.4 Å². The second kappa shape index (κ2) is 30.4. The second-order valence-electron chi connectivity index (χ2n) is 9.82. The van der Waals surface area contributed by atoms with Gasteiger partial charge in [0.1, 0.15) is 6.29 Å². The third kappa shape index (κ3) is 32.6. The molecule has 13 heteroatoms. The SMILES string of the molecule is CC(C)(C)[O-].CCOC(=O)C/C(=C\c1cccc(Br)c1)C(=O)OCC.CCOC(=O)CCC(=O)OCC.O=Cc1cccc(Br)c1.[K+]. The Morgan fingerprint density at radius 3 is 1.45 bits per heavy atom. The van der Waals surface area contributed by atoms with Gasteiger partial charge < -0.3 is 24.1 Å². The molecule has 256 valence electrons. The third-order valence-corrected chi connectivity index (χ3v) is 5.48. The van der Waals surface area contributed by atoms with Crippen LogP contribution in [0.2, 0.25) is 0 Å². The molecule has 0 saturated heterocycles. The van der Waals surface area contributed by atoms with Gasteiger partial charge in [0.25, 0.3) is 0 Å². The number of halogens is 2. The minimum absolute atomic E-state index is 0. The minimum atomic E-state index is -0.750. The fourth-order valence-electron chi connectivity index (χ4n) is 2.82. The summed E-state index contributed by atoms with van der Waals surface area (Å²) >= 11 is 6.60. The molecule has 0 bridgehead atoms. The van der Waals surface area contributed by atoms with Crippen molar-refractivity contribution in [2.45, 2.75) is 73.3 Å². The van der Waals surface area contributed by atoms with Gasteiger partial charge >= 0.3 is 75.3 Å². The van der Waals surface area contributed by atoms with Crippen molar-refractivity contribution in [1.82, 2.24) is 0 Å². The molecule has 2 aromatic carbocycles. The Labute approximate surface area is 338 Å². The summed E-state index contributed by atoms with van der Waals surface area (Å²) in [6.07, 6.45) is 2.57. The maximum atomic E-state index is 11.9. The maximum absolute atomic E-state index is 11.9. The van der Waals surface area contributed by atoms with Crippen LogP contribution in [0.25, 0.3) is 6.08 Å². The molecule has 0 unspecified atom stereocenters. The molecular formula is C34H45Br2KO10. The van der Waals surface area contributed by atoms with Gasteiger partial charge in [-0.3, -0.25) is 19.2 Å². The van der Waals surface area contributed by atoms with Crippen molar-refractivity contribution in [3.63, 3.8) is 0 Å². The average molecular weight is 813 g/mol. The van der Waals surface area contributed by atoms with Crippen LogP contribution in [0.5, 0.6) is 0 Å². The van der Waals surface area contributed by atoms with E-state index in [1.165, 1.54) is 0 Å². The molecule has 2 rings (SSSR count). The number of benzene rings is 2. The van der Waals surface area contributed by atoms with E-state index in [2.05, 4.69) is 41.3 Å². The van der Waals surface area contributed by atoms with Gasteiger partial charge in [0, 0.05) is 20.1 Å². The topological polar surface area (TPSA) is 145 Å². The second-order valence-corrected chi connectivity index (χ2v) is 11.7. The van der Waals surface area contributed by atoms with Crippen molar-refractivity contribution in [1.29, 1.82) is 0 Å². The van der Waals surface area contributed by atoms with Gasteiger partial charge in [-0.25, -0.2) is 4.79 Å². The molecule has 0 amide bonds. The first kappa shape index (κ1) is 49.7. The minimum Gasteiger partial charge on any atom is -0.850 e. The summed E-state index contributed by atoms with van der Waals surface area (Å²) in [5.41, 5.74) is 1.04. The van der Waals surface area contributed by atoms with E-state index in [-0.39, 0.29) is 101 Å². The Morgan fingerprint density at radius 1 is 0.702 bits per heavy atom. The molecule has 0 aliphatic carbocycles. The summed E-state index contributed by atoms with van der Waals surface area (Å²) in [5, 5.41) is 10.1. The van der Waals surface area contributed by atoms with E-state index in [9.17, 15) is 29.1 Å². The van der Waals surface area contributed by atoms with E-state index in [0.717, 1.165) is 20.8 Å². The van der Waals surface area contributed by atoms with Crippen LogP contribution < -0.4 is 56.5 Å². The molecule has 0 heterocycles. The Kier molecular flexibility index (Phi) is 32.1. The van der Waals surface area contributed by atoms with Crippen LogP contribution in [0.1, 0.15) is 83.7 Å². The van der Waals surface area contributed by atoms with Gasteiger partial charge in [-0.05, 0) is 63.6 Å². The van der Waals surface area contributed by atoms with Crippen molar-refractivity contribution >= 4 is 68.1 Å². The molecule has 0 spiro atoms. The third-order valence-electron chi connectivity index (χ3n) is 4.50. The predicted octanol–water partition coefficient (Wildman–Crippen LogP) is 3.65. The van der Waals surface area contributed by atoms with Crippen molar-refractivity contribution in [2.24, 2.45) is 0 Å². The van der Waals surface area contributed by atoms with Crippen molar-refractivity contribution < 1.29 is 99.4 Å². The normalized spacial score (nSPS) is 10.0. The Hall–Kier alpha value is -1.71. The fraction of sp³-hybridized carbons (Fsp3) is 0.441. The van der Waals surface area contributed by atoms with Gasteiger partial charge in [0.15, 0.2) is 0 Å². The van der Waals surface area contributed by atoms with Crippen molar-refractivity contribution in [2.75, 3.05) is 26.4 Å². The molecule has 0 aliphatic rings. The summed E-state index contributed by atoms with van der Waals surface area (Å²) in [5.74, 6) is -1.65. The van der Waals surface area contributed by atoms with Gasteiger partial charge in [0.05, 0.1) is 45.7 Å². The molecular weight excluding hydrogens is 767 g/mol. The molecule has 10 nitrogen and oxygen atoms in total. The van der Waals surface area contributed by atoms with E-state index in [1.54, 1.807) is 66.7 Å². The van der Waals surface area contributed by atoms with Gasteiger partial charge in [-0.2, -0.15) is 0 Å². The number of carbonyl (C=O) groups excluding carboxylic acids is 5. The molecule has 2 aromatic rings. The number of aldehydes is 1. The molecule has 0 radical (unpaired) electrons. The predicted molar refractivity (Wildman–Crippen MR) is 182 cm³/mol. The van der Waals surface area contributed by atoms with Crippen LogP contribution in [0.3, 0.4) is 0 Å². The van der Waals surface area contributed by atoms with Gasteiger partial charge in [-0.1, -0.05) is 76.9 Å². The summed E-state index contributed by atoms with van der Waals surface area (Å²) in [6, 6.07) is 14.7. The van der Waals surface area contributed by atoms with Crippen LogP contribution >= 0.6 is 31.9 Å². The van der Waals surface area contributed by atoms with Gasteiger partial charge in [-0.15, -0.1) is 5.60 Å². The summed E-state index contributed by atoms with van der Waals surface area (Å²) in [6.45, 7) is 13.0. The molecule has 0 aromatic heterocycles. The number of carbonyl (C=O) groups is 5. The van der Waals surface area contributed by atoms with E-state index in [4.69, 9.17) is 9.47 Å². The number of hydrogen-bond donors (Lipinski definition) is 0. The zero-order valence-corrected chi connectivity index (χ0v) is 34.9. The summed E-state index contributed by atoms with van der Waals surface area (Å²) in [4.78, 5) is 55.0. The van der Waals surface area contributed by atoms with Crippen molar-refractivity contribution in [3.05, 3.63) is 74.2 Å². The molecule has 0 fully saturated rings. The Bertz CT molecular complexity index is 1220. The number of ether oxygens (including phenoxy) is 4. The fourth-order valence-corrected chi connectivity index (χ4v) is 3.66. The van der Waals surface area contributed by atoms with E-state index >= 15 is 0 Å². The van der Waals surface area contributed by atoms with Crippen molar-refractivity contribution in [3.8, 4) is 0 Å². The summed E-state index contributed by atoms with van der Waals surface area (Å²) in [7, 11) is 0. The van der Waals surface area contributed by atoms with Crippen LogP contribution in [0.15, 0.2) is 63.0 Å². The quantitative estimate of drug-likeness (QED) is 0.102. The van der Waals surface area contributed by atoms with Crippen LogP contribution in [-0.4, -0.2) is 62.2 Å². The number of hydrogen-bond acceptors (Lipinski definition) is 10. The van der Waals surface area contributed by atoms with Crippen LogP contribution in [0, 0.1) is 0 Å². The monoisotopic (exact) mass is 810 g/mol. The standard InChI is InChI=1S/C15H17BrO4.C8H14O4.C7H5BrO.C4H9O.K/c1-3-19-14(17)10-12(15(18)20-4-2)8-11-6-5-7-13(16)9-11;1-3-11-7(9)5-6-8(10)12-4-2;8-7-3-1-2-6(4-7)5-9;1-4(2,3)5;/h5-9H,3-4,10H2,1-2H3;3-6H2,1-2H3;1-5H;1-3H3;/q;;;-1;+1/b12-8+;;;;. The van der Waals surface area contributed by atoms with Crippen LogP contribution in [0.4, 0.5) is 0 Å². The average Bonchev–Trinajstić information content (AvgIpc) is 2.96. The van der Waals surface area contributed by atoms with Crippen LogP contribution in [-0.2, 0) is 38.1 Å². The molecule has 47 heavy (non-hydrogen) atoms. The largest absolute Gasteiger partial charge is 1.00 e. The Balaban J connectivity index is -0.000000610. The summed E-state index contributed by atoms with van der Waals surface area (Å²) < 4.78 is 20.9. The molecule has 0 saturated carbocycles. The van der Waals surface area contributed by atoms with Gasteiger partial charge in [0.2, 0.25) is 0 Å². The molecule has 0 aliphatic heterocycles. The maximum Gasteiger partial charge on any atom is 1.00 e. The first-order valence-electron chi connectivity index (χ1n) is 14.6. The smallest absolute Gasteiger partial charge is 0.850 e. The Morgan fingerprint density at radius 2 is 1.09 bits per heavy atom. The first-order valence-corrected chi connectivity index (χ1v) is 16.2.